The largest absolute Gasteiger partial charge is 0.249 e. The smallest absolute Gasteiger partial charge is 0.132 e. The van der Waals surface area contributed by atoms with Crippen molar-refractivity contribution in [3.05, 3.63) is 52.1 Å². The van der Waals surface area contributed by atoms with E-state index in [0.717, 1.165) is 16.8 Å². The molecule has 0 unspecified atom stereocenters. The van der Waals surface area contributed by atoms with Gasteiger partial charge < -0.3 is 0 Å². The van der Waals surface area contributed by atoms with Gasteiger partial charge in [0.2, 0.25) is 0 Å². The van der Waals surface area contributed by atoms with Crippen LogP contribution in [0.4, 0.5) is 4.39 Å². The summed E-state index contributed by atoms with van der Waals surface area (Å²) in [5.74, 6) is 0.0496. The van der Waals surface area contributed by atoms with Crippen molar-refractivity contribution >= 4 is 23.2 Å². The molecule has 20 heavy (non-hydrogen) atoms. The summed E-state index contributed by atoms with van der Waals surface area (Å²) in [6.07, 6.45) is 0. The van der Waals surface area contributed by atoms with Gasteiger partial charge in [-0.05, 0) is 17.7 Å². The van der Waals surface area contributed by atoms with Gasteiger partial charge in [0, 0.05) is 11.0 Å². The highest BCUT2D eigenvalue weighted by Gasteiger charge is 2.25. The first-order valence-electron chi connectivity index (χ1n) is 6.39. The number of benzene rings is 1. The number of aromatic nitrogens is 2. The van der Waals surface area contributed by atoms with E-state index in [-0.39, 0.29) is 11.2 Å². The van der Waals surface area contributed by atoms with E-state index in [2.05, 4.69) is 25.9 Å². The lowest BCUT2D eigenvalue weighted by Gasteiger charge is -2.16. The normalized spacial score (nSPS) is 11.9. The third-order valence-corrected chi connectivity index (χ3v) is 3.74. The van der Waals surface area contributed by atoms with Gasteiger partial charge in [-0.3, -0.25) is 0 Å². The number of rotatable bonds is 3. The Morgan fingerprint density at radius 3 is 2.50 bits per heavy atom. The Labute approximate surface area is 128 Å². The van der Waals surface area contributed by atoms with Crippen LogP contribution in [0.15, 0.2) is 24.3 Å². The molecule has 0 bridgehead atoms. The average molecular weight is 315 g/mol. The van der Waals surface area contributed by atoms with Crippen LogP contribution in [0.25, 0.3) is 0 Å². The zero-order chi connectivity index (χ0) is 14.9. The topological polar surface area (TPSA) is 17.8 Å². The minimum atomic E-state index is -0.264. The van der Waals surface area contributed by atoms with Crippen LogP contribution in [0.1, 0.15) is 37.6 Å². The fourth-order valence-corrected chi connectivity index (χ4v) is 2.69. The molecular weight excluding hydrogens is 298 g/mol. The highest BCUT2D eigenvalue weighted by molar-refractivity contribution is 6.31. The van der Waals surface area contributed by atoms with Gasteiger partial charge in [0.1, 0.15) is 11.0 Å². The van der Waals surface area contributed by atoms with Crippen LogP contribution in [0.5, 0.6) is 0 Å². The van der Waals surface area contributed by atoms with E-state index in [1.54, 1.807) is 10.7 Å². The van der Waals surface area contributed by atoms with E-state index in [4.69, 9.17) is 23.2 Å². The van der Waals surface area contributed by atoms with Crippen LogP contribution < -0.4 is 0 Å². The van der Waals surface area contributed by atoms with E-state index >= 15 is 0 Å². The van der Waals surface area contributed by atoms with Crippen molar-refractivity contribution in [2.75, 3.05) is 0 Å². The van der Waals surface area contributed by atoms with Gasteiger partial charge >= 0.3 is 0 Å². The Kier molecular flexibility index (Phi) is 4.40. The summed E-state index contributed by atoms with van der Waals surface area (Å²) in [6.45, 7) is 6.62. The summed E-state index contributed by atoms with van der Waals surface area (Å²) in [5, 5.41) is 5.08. The number of nitrogens with zero attached hydrogens (tertiary/aromatic N) is 2. The first-order valence-corrected chi connectivity index (χ1v) is 7.30. The van der Waals surface area contributed by atoms with Crippen LogP contribution in [-0.4, -0.2) is 9.78 Å². The summed E-state index contributed by atoms with van der Waals surface area (Å²) in [5.41, 5.74) is 2.41. The van der Waals surface area contributed by atoms with E-state index < -0.39 is 0 Å². The predicted molar refractivity (Wildman–Crippen MR) is 81.0 cm³/mol. The first-order chi connectivity index (χ1) is 9.32. The Bertz CT molecular complexity index is 615. The van der Waals surface area contributed by atoms with Crippen LogP contribution >= 0.6 is 23.2 Å². The molecular formula is C15H17Cl2FN2. The van der Waals surface area contributed by atoms with Crippen LogP contribution in [0.3, 0.4) is 0 Å². The molecule has 0 atom stereocenters. The van der Waals surface area contributed by atoms with Crippen molar-refractivity contribution < 1.29 is 4.39 Å². The SMILES string of the molecule is CC(C)(C)c1nn(Cc2cccc(F)c2)c(Cl)c1CCl. The lowest BCUT2D eigenvalue weighted by Crippen LogP contribution is -2.14. The number of halogens is 3. The van der Waals surface area contributed by atoms with E-state index in [1.165, 1.54) is 12.1 Å². The Morgan fingerprint density at radius 2 is 2.00 bits per heavy atom. The fraction of sp³-hybridized carbons (Fsp3) is 0.400. The molecule has 0 aliphatic carbocycles. The molecule has 0 N–H and O–H groups in total. The number of hydrogen-bond acceptors (Lipinski definition) is 1. The molecule has 0 radical (unpaired) electrons. The summed E-state index contributed by atoms with van der Waals surface area (Å²) < 4.78 is 14.9. The second kappa shape index (κ2) is 5.74. The summed E-state index contributed by atoms with van der Waals surface area (Å²) in [6, 6.07) is 6.42. The molecule has 108 valence electrons. The molecule has 5 heteroatoms. The first kappa shape index (κ1) is 15.3. The van der Waals surface area contributed by atoms with E-state index in [1.807, 2.05) is 6.07 Å². The molecule has 0 aliphatic heterocycles. The minimum Gasteiger partial charge on any atom is -0.249 e. The molecule has 0 saturated heterocycles. The second-order valence-corrected chi connectivity index (χ2v) is 6.41. The average Bonchev–Trinajstić information content (AvgIpc) is 2.66. The molecule has 0 spiro atoms. The molecule has 1 aromatic carbocycles. The summed E-state index contributed by atoms with van der Waals surface area (Å²) in [4.78, 5) is 0. The van der Waals surface area contributed by atoms with Gasteiger partial charge in [0.25, 0.3) is 0 Å². The number of alkyl halides is 1. The molecule has 2 rings (SSSR count). The van der Waals surface area contributed by atoms with Crippen molar-refractivity contribution in [1.82, 2.24) is 9.78 Å². The van der Waals surface area contributed by atoms with Gasteiger partial charge in [-0.1, -0.05) is 44.5 Å². The maximum atomic E-state index is 13.2. The molecule has 2 nitrogen and oxygen atoms in total. The molecule has 2 aromatic rings. The van der Waals surface area contributed by atoms with Crippen LogP contribution in [0.2, 0.25) is 5.15 Å². The zero-order valence-corrected chi connectivity index (χ0v) is 13.3. The molecule has 0 saturated carbocycles. The highest BCUT2D eigenvalue weighted by atomic mass is 35.5. The monoisotopic (exact) mass is 314 g/mol. The van der Waals surface area contributed by atoms with E-state index in [0.29, 0.717) is 17.6 Å². The zero-order valence-electron chi connectivity index (χ0n) is 11.8. The highest BCUT2D eigenvalue weighted by Crippen LogP contribution is 2.31. The molecule has 0 aliphatic rings. The van der Waals surface area contributed by atoms with Gasteiger partial charge in [-0.2, -0.15) is 5.10 Å². The van der Waals surface area contributed by atoms with Crippen LogP contribution in [0, 0.1) is 5.82 Å². The molecule has 1 aromatic heterocycles. The summed E-state index contributed by atoms with van der Waals surface area (Å²) >= 11 is 12.3. The standard InChI is InChI=1S/C15H17Cl2FN2/c1-15(2,3)13-12(8-16)14(17)20(19-13)9-10-5-4-6-11(18)7-10/h4-7H,8-9H2,1-3H3. The van der Waals surface area contributed by atoms with Crippen molar-refractivity contribution in [3.63, 3.8) is 0 Å². The molecule has 0 amide bonds. The minimum absolute atomic E-state index is 0.138. The predicted octanol–water partition coefficient (Wildman–Crippen LogP) is 4.76. The lowest BCUT2D eigenvalue weighted by atomic mass is 9.90. The van der Waals surface area contributed by atoms with Crippen molar-refractivity contribution in [2.45, 2.75) is 38.6 Å². The Hall–Kier alpha value is -1.06. The van der Waals surface area contributed by atoms with Crippen LogP contribution in [-0.2, 0) is 17.8 Å². The van der Waals surface area contributed by atoms with Gasteiger partial charge in [0.15, 0.2) is 0 Å². The van der Waals surface area contributed by atoms with Gasteiger partial charge in [0.05, 0.1) is 18.1 Å². The molecule has 0 fully saturated rings. The fourth-order valence-electron chi connectivity index (χ4n) is 2.11. The maximum absolute atomic E-state index is 13.2. The molecule has 1 heterocycles. The van der Waals surface area contributed by atoms with Gasteiger partial charge in [-0.15, -0.1) is 11.6 Å². The lowest BCUT2D eigenvalue weighted by molar-refractivity contribution is 0.542. The second-order valence-electron chi connectivity index (χ2n) is 5.79. The third kappa shape index (κ3) is 3.15. The summed E-state index contributed by atoms with van der Waals surface area (Å²) in [7, 11) is 0. The van der Waals surface area contributed by atoms with Crippen molar-refractivity contribution in [1.29, 1.82) is 0 Å². The third-order valence-electron chi connectivity index (χ3n) is 3.05. The maximum Gasteiger partial charge on any atom is 0.132 e. The van der Waals surface area contributed by atoms with E-state index in [9.17, 15) is 4.39 Å². The number of hydrogen-bond donors (Lipinski definition) is 0. The quantitative estimate of drug-likeness (QED) is 0.747. The van der Waals surface area contributed by atoms with Gasteiger partial charge in [-0.25, -0.2) is 9.07 Å². The Balaban J connectivity index is 2.41. The Morgan fingerprint density at radius 1 is 1.30 bits per heavy atom. The van der Waals surface area contributed by atoms with Crippen molar-refractivity contribution in [3.8, 4) is 0 Å². The van der Waals surface area contributed by atoms with Crippen molar-refractivity contribution in [2.24, 2.45) is 0 Å².